The zero-order valence-corrected chi connectivity index (χ0v) is 20.4. The summed E-state index contributed by atoms with van der Waals surface area (Å²) in [6.45, 7) is 2.00. The highest BCUT2D eigenvalue weighted by molar-refractivity contribution is 6.19. The summed E-state index contributed by atoms with van der Waals surface area (Å²) in [5.74, 6) is 0.588. The lowest BCUT2D eigenvalue weighted by Gasteiger charge is -2.11. The highest BCUT2D eigenvalue weighted by Gasteiger charge is 2.27. The van der Waals surface area contributed by atoms with Gasteiger partial charge in [0.2, 0.25) is 6.17 Å². The molecule has 10 nitrogen and oxygen atoms in total. The fourth-order valence-electron chi connectivity index (χ4n) is 4.16. The lowest BCUT2D eigenvalue weighted by atomic mass is 10.0. The van der Waals surface area contributed by atoms with Crippen LogP contribution in [0.3, 0.4) is 0 Å². The van der Waals surface area contributed by atoms with E-state index in [9.17, 15) is 4.79 Å². The molecule has 0 aliphatic carbocycles. The number of carbonyl (C=O) groups excluding carboxylic acids is 1. The standard InChI is InChI=1S/C28H22N8O2/c1-2-22-30-15-18(16-31-22)19-12-8-14-29-24(19)27-35-36-28(38-27)34-25-26(37)32-21-13-7-6-11-20(21)23(33-25)17-9-4-3-5-10-17/h3-16,25H,2H2,1H3,(H,32,37)(H,34,36). The van der Waals surface area contributed by atoms with Crippen LogP contribution < -0.4 is 10.6 Å². The molecule has 1 aliphatic heterocycles. The zero-order valence-electron chi connectivity index (χ0n) is 20.4. The number of fused-ring (bicyclic) bond motifs is 1. The molecule has 38 heavy (non-hydrogen) atoms. The van der Waals surface area contributed by atoms with E-state index in [1.54, 1.807) is 18.6 Å². The maximum absolute atomic E-state index is 13.1. The highest BCUT2D eigenvalue weighted by Crippen LogP contribution is 2.30. The van der Waals surface area contributed by atoms with Crippen molar-refractivity contribution in [2.75, 3.05) is 10.6 Å². The van der Waals surface area contributed by atoms with Gasteiger partial charge in [-0.2, -0.15) is 0 Å². The molecule has 2 aromatic carbocycles. The number of nitrogens with zero attached hydrogens (tertiary/aromatic N) is 6. The van der Waals surface area contributed by atoms with E-state index in [1.165, 1.54) is 0 Å². The van der Waals surface area contributed by atoms with Gasteiger partial charge in [0.15, 0.2) is 0 Å². The molecule has 0 saturated carbocycles. The van der Waals surface area contributed by atoms with Crippen molar-refractivity contribution in [3.63, 3.8) is 0 Å². The number of benzodiazepines with no additional fused rings is 1. The molecule has 1 atom stereocenters. The van der Waals surface area contributed by atoms with Gasteiger partial charge in [-0.05, 0) is 12.1 Å². The van der Waals surface area contributed by atoms with Crippen LogP contribution in [-0.2, 0) is 11.2 Å². The number of para-hydroxylation sites is 1. The van der Waals surface area contributed by atoms with Crippen LogP contribution in [0, 0.1) is 0 Å². The van der Waals surface area contributed by atoms with E-state index >= 15 is 0 Å². The molecule has 10 heteroatoms. The topological polar surface area (TPSA) is 131 Å². The van der Waals surface area contributed by atoms with Gasteiger partial charge in [0.25, 0.3) is 11.8 Å². The SMILES string of the molecule is CCc1ncc(-c2cccnc2-c2nnc(NC3N=C(c4ccccc4)c4ccccc4NC3=O)o2)cn1. The van der Waals surface area contributed by atoms with Gasteiger partial charge in [-0.25, -0.2) is 15.0 Å². The summed E-state index contributed by atoms with van der Waals surface area (Å²) < 4.78 is 5.90. The first-order valence-corrected chi connectivity index (χ1v) is 12.1. The lowest BCUT2D eigenvalue weighted by molar-refractivity contribution is -0.116. The quantitative estimate of drug-likeness (QED) is 0.350. The Morgan fingerprint density at radius 1 is 0.868 bits per heavy atom. The molecule has 4 heterocycles. The molecule has 0 saturated heterocycles. The van der Waals surface area contributed by atoms with Crippen molar-refractivity contribution in [3.8, 4) is 22.7 Å². The third-order valence-electron chi connectivity index (χ3n) is 6.02. The van der Waals surface area contributed by atoms with Crippen molar-refractivity contribution < 1.29 is 9.21 Å². The molecule has 1 aliphatic rings. The summed E-state index contributed by atoms with van der Waals surface area (Å²) in [6.07, 6.45) is 4.87. The van der Waals surface area contributed by atoms with Crippen molar-refractivity contribution in [3.05, 3.63) is 102 Å². The van der Waals surface area contributed by atoms with Crippen LogP contribution in [-0.4, -0.2) is 42.9 Å². The van der Waals surface area contributed by atoms with Gasteiger partial charge in [0.05, 0.1) is 11.4 Å². The molecule has 6 rings (SSSR count). The first kappa shape index (κ1) is 23.2. The predicted octanol–water partition coefficient (Wildman–Crippen LogP) is 4.38. The van der Waals surface area contributed by atoms with E-state index in [1.807, 2.05) is 73.7 Å². The molecule has 0 spiro atoms. The predicted molar refractivity (Wildman–Crippen MR) is 142 cm³/mol. The monoisotopic (exact) mass is 502 g/mol. The number of amides is 1. The van der Waals surface area contributed by atoms with Gasteiger partial charge >= 0.3 is 6.01 Å². The van der Waals surface area contributed by atoms with Crippen LogP contribution >= 0.6 is 0 Å². The van der Waals surface area contributed by atoms with E-state index in [-0.39, 0.29) is 17.8 Å². The minimum atomic E-state index is -1.01. The summed E-state index contributed by atoms with van der Waals surface area (Å²) in [5, 5.41) is 14.2. The van der Waals surface area contributed by atoms with Crippen LogP contribution in [0.5, 0.6) is 0 Å². The van der Waals surface area contributed by atoms with E-state index in [0.29, 0.717) is 17.1 Å². The molecule has 3 aromatic heterocycles. The van der Waals surface area contributed by atoms with Crippen LogP contribution in [0.25, 0.3) is 22.7 Å². The molecule has 2 N–H and O–H groups in total. The molecule has 1 amide bonds. The van der Waals surface area contributed by atoms with Gasteiger partial charge in [0.1, 0.15) is 11.5 Å². The highest BCUT2D eigenvalue weighted by atomic mass is 16.4. The normalized spacial score (nSPS) is 14.7. The number of anilines is 2. The number of carbonyl (C=O) groups is 1. The first-order valence-electron chi connectivity index (χ1n) is 12.1. The molecule has 0 bridgehead atoms. The molecule has 1 unspecified atom stereocenters. The Morgan fingerprint density at radius 2 is 1.63 bits per heavy atom. The minimum absolute atomic E-state index is 0.0384. The van der Waals surface area contributed by atoms with Crippen molar-refractivity contribution >= 4 is 23.3 Å². The second-order valence-electron chi connectivity index (χ2n) is 8.48. The van der Waals surface area contributed by atoms with Crippen LogP contribution in [0.15, 0.2) is 94.7 Å². The number of hydrogen-bond acceptors (Lipinski definition) is 9. The van der Waals surface area contributed by atoms with Crippen molar-refractivity contribution in [1.29, 1.82) is 0 Å². The summed E-state index contributed by atoms with van der Waals surface area (Å²) in [4.78, 5) is 31.1. The number of aliphatic imine (C=N–C) groups is 1. The number of hydrogen-bond donors (Lipinski definition) is 2. The van der Waals surface area contributed by atoms with Gasteiger partial charge in [-0.1, -0.05) is 66.6 Å². The van der Waals surface area contributed by atoms with Crippen LogP contribution in [0.1, 0.15) is 23.9 Å². The molecule has 0 fully saturated rings. The minimum Gasteiger partial charge on any atom is -0.402 e. The number of aryl methyl sites for hydroxylation is 1. The summed E-state index contributed by atoms with van der Waals surface area (Å²) >= 11 is 0. The van der Waals surface area contributed by atoms with Gasteiger partial charge in [0, 0.05) is 47.3 Å². The first-order chi connectivity index (χ1) is 18.7. The van der Waals surface area contributed by atoms with E-state index < -0.39 is 6.17 Å². The Kier molecular flexibility index (Phi) is 6.11. The second kappa shape index (κ2) is 10.0. The number of benzene rings is 2. The number of nitrogens with one attached hydrogen (secondary N) is 2. The maximum Gasteiger partial charge on any atom is 0.317 e. The van der Waals surface area contributed by atoms with E-state index in [4.69, 9.17) is 9.41 Å². The van der Waals surface area contributed by atoms with E-state index in [0.717, 1.165) is 34.5 Å². The van der Waals surface area contributed by atoms with Gasteiger partial charge in [-0.15, -0.1) is 5.10 Å². The van der Waals surface area contributed by atoms with Crippen molar-refractivity contribution in [1.82, 2.24) is 25.1 Å². The molecule has 0 radical (unpaired) electrons. The number of pyridine rings is 1. The number of rotatable bonds is 6. The molecule has 5 aromatic rings. The maximum atomic E-state index is 13.1. The van der Waals surface area contributed by atoms with Gasteiger partial charge in [-0.3, -0.25) is 9.78 Å². The Labute approximate surface area is 217 Å². The summed E-state index contributed by atoms with van der Waals surface area (Å²) in [5.41, 5.74) is 5.03. The average Bonchev–Trinajstić information content (AvgIpc) is 3.39. The summed E-state index contributed by atoms with van der Waals surface area (Å²) in [6, 6.07) is 21.0. The van der Waals surface area contributed by atoms with Crippen molar-refractivity contribution in [2.24, 2.45) is 4.99 Å². The lowest BCUT2D eigenvalue weighted by Crippen LogP contribution is -2.32. The fraction of sp³-hybridized carbons (Fsp3) is 0.107. The Hall–Kier alpha value is -5.25. The second-order valence-corrected chi connectivity index (χ2v) is 8.48. The number of aromatic nitrogens is 5. The molecule has 186 valence electrons. The zero-order chi connectivity index (χ0) is 25.9. The fourth-order valence-corrected chi connectivity index (χ4v) is 4.16. The molecular weight excluding hydrogens is 480 g/mol. The smallest absolute Gasteiger partial charge is 0.317 e. The average molecular weight is 503 g/mol. The van der Waals surface area contributed by atoms with Crippen LogP contribution in [0.4, 0.5) is 11.7 Å². The Morgan fingerprint density at radius 3 is 2.45 bits per heavy atom. The Bertz CT molecular complexity index is 1630. The van der Waals surface area contributed by atoms with E-state index in [2.05, 4.69) is 35.8 Å². The van der Waals surface area contributed by atoms with Crippen molar-refractivity contribution in [2.45, 2.75) is 19.5 Å². The third kappa shape index (κ3) is 4.50. The van der Waals surface area contributed by atoms with Crippen LogP contribution in [0.2, 0.25) is 0 Å². The van der Waals surface area contributed by atoms with Gasteiger partial charge < -0.3 is 15.1 Å². The molecular formula is C28H22N8O2. The largest absolute Gasteiger partial charge is 0.402 e. The summed E-state index contributed by atoms with van der Waals surface area (Å²) in [7, 11) is 0. The third-order valence-corrected chi connectivity index (χ3v) is 6.02. The Balaban J connectivity index is 1.33.